The molecule has 0 spiro atoms. The Kier molecular flexibility index (Phi) is 4.46. The molecule has 1 aromatic carbocycles. The van der Waals surface area contributed by atoms with Crippen molar-refractivity contribution in [1.29, 1.82) is 0 Å². The number of benzene rings is 1. The zero-order valence-electron chi connectivity index (χ0n) is 11.9. The highest BCUT2D eigenvalue weighted by molar-refractivity contribution is 5.78. The molecular weight excluding hydrogens is 236 g/mol. The molecule has 1 fully saturated rings. The van der Waals surface area contributed by atoms with E-state index in [-0.39, 0.29) is 5.91 Å². The van der Waals surface area contributed by atoms with Crippen molar-refractivity contribution < 1.29 is 4.79 Å². The molecule has 2 rings (SSSR count). The van der Waals surface area contributed by atoms with E-state index >= 15 is 0 Å². The molecule has 3 nitrogen and oxygen atoms in total. The summed E-state index contributed by atoms with van der Waals surface area (Å²) in [6.07, 6.45) is 4.11. The second-order valence-corrected chi connectivity index (χ2v) is 5.82. The van der Waals surface area contributed by atoms with Crippen LogP contribution in [0.25, 0.3) is 0 Å². The number of anilines is 1. The molecule has 3 N–H and O–H groups in total. The average molecular weight is 260 g/mol. The van der Waals surface area contributed by atoms with Gasteiger partial charge in [-0.05, 0) is 29.9 Å². The normalized spacial score (nSPS) is 26.9. The van der Waals surface area contributed by atoms with Gasteiger partial charge in [0, 0.05) is 11.7 Å². The first kappa shape index (κ1) is 13.9. The Labute approximate surface area is 115 Å². The molecule has 0 aromatic heterocycles. The summed E-state index contributed by atoms with van der Waals surface area (Å²) in [5.74, 6) is 1.14. The molecule has 1 aliphatic rings. The molecule has 1 saturated carbocycles. The second-order valence-electron chi connectivity index (χ2n) is 5.82. The van der Waals surface area contributed by atoms with E-state index in [0.717, 1.165) is 17.2 Å². The fourth-order valence-electron chi connectivity index (χ4n) is 2.99. The van der Waals surface area contributed by atoms with Gasteiger partial charge in [-0.25, -0.2) is 0 Å². The quantitative estimate of drug-likeness (QED) is 0.874. The lowest BCUT2D eigenvalue weighted by atomic mass is 9.78. The Balaban J connectivity index is 2.11. The fraction of sp³-hybridized carbons (Fsp3) is 0.562. The van der Waals surface area contributed by atoms with Gasteiger partial charge in [0.25, 0.3) is 0 Å². The fourth-order valence-corrected chi connectivity index (χ4v) is 2.99. The predicted octanol–water partition coefficient (Wildman–Crippen LogP) is 2.95. The maximum atomic E-state index is 11.1. The van der Waals surface area contributed by atoms with Gasteiger partial charge < -0.3 is 11.1 Å². The number of carbonyl (C=O) groups excluding carboxylic acids is 1. The summed E-state index contributed by atoms with van der Waals surface area (Å²) in [7, 11) is 0. The van der Waals surface area contributed by atoms with E-state index in [1.807, 2.05) is 24.3 Å². The van der Waals surface area contributed by atoms with Gasteiger partial charge in [-0.2, -0.15) is 0 Å². The van der Waals surface area contributed by atoms with Crippen LogP contribution in [0.15, 0.2) is 24.3 Å². The molecule has 19 heavy (non-hydrogen) atoms. The molecular formula is C16H24N2O. The van der Waals surface area contributed by atoms with E-state index in [1.54, 1.807) is 0 Å². The van der Waals surface area contributed by atoms with Crippen LogP contribution in [0.4, 0.5) is 5.69 Å². The van der Waals surface area contributed by atoms with Crippen LogP contribution in [0.1, 0.15) is 38.7 Å². The molecule has 0 bridgehead atoms. The van der Waals surface area contributed by atoms with Gasteiger partial charge in [-0.3, -0.25) is 4.79 Å². The number of amides is 1. The number of primary amides is 1. The molecule has 0 radical (unpaired) electrons. The van der Waals surface area contributed by atoms with E-state index in [9.17, 15) is 4.79 Å². The molecule has 3 heteroatoms. The molecule has 0 saturated heterocycles. The van der Waals surface area contributed by atoms with Crippen molar-refractivity contribution in [3.8, 4) is 0 Å². The summed E-state index contributed by atoms with van der Waals surface area (Å²) in [5.41, 5.74) is 7.37. The Hall–Kier alpha value is -1.51. The Morgan fingerprint density at radius 1 is 1.32 bits per heavy atom. The molecule has 1 amide bonds. The predicted molar refractivity (Wildman–Crippen MR) is 78.9 cm³/mol. The van der Waals surface area contributed by atoms with Crippen molar-refractivity contribution in [2.75, 3.05) is 5.32 Å². The van der Waals surface area contributed by atoms with Gasteiger partial charge in [0.15, 0.2) is 0 Å². The lowest BCUT2D eigenvalue weighted by molar-refractivity contribution is -0.117. The van der Waals surface area contributed by atoms with Crippen LogP contribution >= 0.6 is 0 Å². The highest BCUT2D eigenvalue weighted by Gasteiger charge is 2.27. The van der Waals surface area contributed by atoms with E-state index in [0.29, 0.717) is 18.4 Å². The molecule has 1 aromatic rings. The van der Waals surface area contributed by atoms with E-state index in [2.05, 4.69) is 19.2 Å². The second kappa shape index (κ2) is 6.09. The number of rotatable bonds is 4. The molecule has 3 unspecified atom stereocenters. The van der Waals surface area contributed by atoms with Gasteiger partial charge in [0.2, 0.25) is 5.91 Å². The standard InChI is InChI=1S/C16H24N2O/c1-11-6-5-9-14(12(11)2)18-15-8-4-3-7-13(15)10-16(17)19/h3-4,7-8,11-12,14,18H,5-6,9-10H2,1-2H3,(H2,17,19). The highest BCUT2D eigenvalue weighted by atomic mass is 16.1. The average Bonchev–Trinajstić information content (AvgIpc) is 2.36. The van der Waals surface area contributed by atoms with Crippen LogP contribution in [0, 0.1) is 11.8 Å². The summed E-state index contributed by atoms with van der Waals surface area (Å²) in [5, 5.41) is 3.63. The van der Waals surface area contributed by atoms with Crippen molar-refractivity contribution in [1.82, 2.24) is 0 Å². The Morgan fingerprint density at radius 2 is 2.05 bits per heavy atom. The smallest absolute Gasteiger partial charge is 0.221 e. The van der Waals surface area contributed by atoms with Crippen molar-refractivity contribution in [3.63, 3.8) is 0 Å². The monoisotopic (exact) mass is 260 g/mol. The third-order valence-electron chi connectivity index (χ3n) is 4.43. The van der Waals surface area contributed by atoms with Gasteiger partial charge in [0.1, 0.15) is 0 Å². The topological polar surface area (TPSA) is 55.1 Å². The number of nitrogens with one attached hydrogen (secondary N) is 1. The number of nitrogens with two attached hydrogens (primary N) is 1. The molecule has 1 aliphatic carbocycles. The lowest BCUT2D eigenvalue weighted by Gasteiger charge is -2.35. The SMILES string of the molecule is CC1CCCC(Nc2ccccc2CC(N)=O)C1C. The summed E-state index contributed by atoms with van der Waals surface area (Å²) < 4.78 is 0. The van der Waals surface area contributed by atoms with Crippen molar-refractivity contribution >= 4 is 11.6 Å². The summed E-state index contributed by atoms with van der Waals surface area (Å²) in [6.45, 7) is 4.64. The minimum absolute atomic E-state index is 0.278. The van der Waals surface area contributed by atoms with Gasteiger partial charge >= 0.3 is 0 Å². The van der Waals surface area contributed by atoms with Crippen molar-refractivity contribution in [3.05, 3.63) is 29.8 Å². The first-order valence-electron chi connectivity index (χ1n) is 7.20. The van der Waals surface area contributed by atoms with Crippen molar-refractivity contribution in [2.24, 2.45) is 17.6 Å². The van der Waals surface area contributed by atoms with E-state index in [1.165, 1.54) is 19.3 Å². The summed E-state index contributed by atoms with van der Waals surface area (Å²) in [4.78, 5) is 11.1. The first-order chi connectivity index (χ1) is 9.08. The molecule has 104 valence electrons. The van der Waals surface area contributed by atoms with Crippen molar-refractivity contribution in [2.45, 2.75) is 45.6 Å². The molecule has 3 atom stereocenters. The largest absolute Gasteiger partial charge is 0.382 e. The van der Waals surface area contributed by atoms with Crippen LogP contribution in [0.3, 0.4) is 0 Å². The first-order valence-corrected chi connectivity index (χ1v) is 7.20. The van der Waals surface area contributed by atoms with E-state index in [4.69, 9.17) is 5.73 Å². The maximum Gasteiger partial charge on any atom is 0.221 e. The zero-order chi connectivity index (χ0) is 13.8. The van der Waals surface area contributed by atoms with Crippen LogP contribution in [0.5, 0.6) is 0 Å². The van der Waals surface area contributed by atoms with Crippen LogP contribution in [-0.4, -0.2) is 11.9 Å². The molecule has 0 aliphatic heterocycles. The Bertz CT molecular complexity index is 444. The number of hydrogen-bond acceptors (Lipinski definition) is 2. The maximum absolute atomic E-state index is 11.1. The minimum atomic E-state index is -0.278. The van der Waals surface area contributed by atoms with Crippen LogP contribution < -0.4 is 11.1 Å². The van der Waals surface area contributed by atoms with Crippen LogP contribution in [-0.2, 0) is 11.2 Å². The minimum Gasteiger partial charge on any atom is -0.382 e. The summed E-state index contributed by atoms with van der Waals surface area (Å²) in [6, 6.07) is 8.48. The molecule has 0 heterocycles. The number of carbonyl (C=O) groups is 1. The lowest BCUT2D eigenvalue weighted by Crippen LogP contribution is -2.35. The van der Waals surface area contributed by atoms with E-state index < -0.39 is 0 Å². The Morgan fingerprint density at radius 3 is 2.79 bits per heavy atom. The third-order valence-corrected chi connectivity index (χ3v) is 4.43. The van der Waals surface area contributed by atoms with Gasteiger partial charge in [0.05, 0.1) is 6.42 Å². The number of para-hydroxylation sites is 1. The van der Waals surface area contributed by atoms with Crippen LogP contribution in [0.2, 0.25) is 0 Å². The number of hydrogen-bond donors (Lipinski definition) is 2. The zero-order valence-corrected chi connectivity index (χ0v) is 11.9. The third kappa shape index (κ3) is 3.49. The highest BCUT2D eigenvalue weighted by Crippen LogP contribution is 2.32. The summed E-state index contributed by atoms with van der Waals surface area (Å²) >= 11 is 0. The van der Waals surface area contributed by atoms with Gasteiger partial charge in [-0.1, -0.05) is 44.9 Å². The van der Waals surface area contributed by atoms with Gasteiger partial charge in [-0.15, -0.1) is 0 Å².